The third kappa shape index (κ3) is 3.61. The third-order valence-corrected chi connectivity index (χ3v) is 3.46. The molecule has 2 rings (SSSR count). The molecule has 0 aliphatic rings. The first-order chi connectivity index (χ1) is 9.63. The number of aliphatic hydroxyl groups excluding tert-OH is 3. The molecule has 0 amide bonds. The van der Waals surface area contributed by atoms with E-state index < -0.39 is 6.10 Å². The number of halogens is 1. The van der Waals surface area contributed by atoms with E-state index in [9.17, 15) is 5.11 Å². The van der Waals surface area contributed by atoms with E-state index in [2.05, 4.69) is 21.2 Å². The Morgan fingerprint density at radius 3 is 2.60 bits per heavy atom. The van der Waals surface area contributed by atoms with Crippen LogP contribution in [0.3, 0.4) is 0 Å². The molecule has 0 aliphatic carbocycles. The Labute approximate surface area is 125 Å². The molecule has 0 radical (unpaired) electrons. The van der Waals surface area contributed by atoms with E-state index in [1.807, 2.05) is 18.2 Å². The summed E-state index contributed by atoms with van der Waals surface area (Å²) in [6.07, 6.45) is -0.786. The summed E-state index contributed by atoms with van der Waals surface area (Å²) < 4.78 is 6.31. The highest BCUT2D eigenvalue weighted by Crippen LogP contribution is 2.31. The van der Waals surface area contributed by atoms with Crippen molar-refractivity contribution < 1.29 is 19.7 Å². The van der Waals surface area contributed by atoms with Gasteiger partial charge in [0, 0.05) is 22.3 Å². The summed E-state index contributed by atoms with van der Waals surface area (Å²) in [6.45, 7) is -0.128. The molecule has 1 atom stereocenters. The van der Waals surface area contributed by atoms with Crippen LogP contribution in [-0.2, 0) is 6.61 Å². The predicted molar refractivity (Wildman–Crippen MR) is 79.3 cm³/mol. The SMILES string of the molecule is OCc1ccc(-c2ccc(NCC(O)CO)cc2Br)o1. The van der Waals surface area contributed by atoms with Crippen LogP contribution in [0, 0.1) is 0 Å². The number of nitrogens with one attached hydrogen (secondary N) is 1. The molecule has 0 saturated carbocycles. The average Bonchev–Trinajstić information content (AvgIpc) is 2.93. The Bertz CT molecular complexity index is 570. The third-order valence-electron chi connectivity index (χ3n) is 2.80. The zero-order valence-electron chi connectivity index (χ0n) is 10.7. The van der Waals surface area contributed by atoms with E-state index in [0.29, 0.717) is 11.5 Å². The fraction of sp³-hybridized carbons (Fsp3) is 0.286. The van der Waals surface area contributed by atoms with Crippen molar-refractivity contribution in [3.8, 4) is 11.3 Å². The Morgan fingerprint density at radius 1 is 1.20 bits per heavy atom. The van der Waals surface area contributed by atoms with Gasteiger partial charge in [-0.1, -0.05) is 0 Å². The van der Waals surface area contributed by atoms with Gasteiger partial charge in [0.25, 0.3) is 0 Å². The zero-order valence-corrected chi connectivity index (χ0v) is 12.3. The van der Waals surface area contributed by atoms with Crippen molar-refractivity contribution in [3.05, 3.63) is 40.6 Å². The van der Waals surface area contributed by atoms with E-state index >= 15 is 0 Å². The molecule has 4 N–H and O–H groups in total. The number of rotatable bonds is 6. The minimum atomic E-state index is -0.786. The summed E-state index contributed by atoms with van der Waals surface area (Å²) in [7, 11) is 0. The largest absolute Gasteiger partial charge is 0.459 e. The molecule has 0 saturated heterocycles. The fourth-order valence-electron chi connectivity index (χ4n) is 1.73. The fourth-order valence-corrected chi connectivity index (χ4v) is 2.31. The van der Waals surface area contributed by atoms with Crippen LogP contribution in [0.4, 0.5) is 5.69 Å². The van der Waals surface area contributed by atoms with E-state index in [1.54, 1.807) is 12.1 Å². The topological polar surface area (TPSA) is 85.9 Å². The van der Waals surface area contributed by atoms with E-state index in [0.717, 1.165) is 15.7 Å². The van der Waals surface area contributed by atoms with Gasteiger partial charge >= 0.3 is 0 Å². The van der Waals surface area contributed by atoms with Gasteiger partial charge in [-0.2, -0.15) is 0 Å². The van der Waals surface area contributed by atoms with Crippen molar-refractivity contribution in [2.24, 2.45) is 0 Å². The standard InChI is InChI=1S/C14H16BrNO4/c15-13-5-9(16-6-10(19)7-17)1-3-12(13)14-4-2-11(8-18)20-14/h1-5,10,16-19H,6-8H2. The number of benzene rings is 1. The van der Waals surface area contributed by atoms with Crippen LogP contribution in [0.15, 0.2) is 39.2 Å². The van der Waals surface area contributed by atoms with Gasteiger partial charge in [-0.05, 0) is 46.3 Å². The first kappa shape index (κ1) is 15.1. The van der Waals surface area contributed by atoms with Gasteiger partial charge in [0.1, 0.15) is 18.1 Å². The van der Waals surface area contributed by atoms with Gasteiger partial charge in [-0.3, -0.25) is 0 Å². The van der Waals surface area contributed by atoms with Crippen molar-refractivity contribution in [2.45, 2.75) is 12.7 Å². The second kappa shape index (κ2) is 6.90. The minimum absolute atomic E-state index is 0.129. The molecule has 5 nitrogen and oxygen atoms in total. The molecular weight excluding hydrogens is 326 g/mol. The second-order valence-corrected chi connectivity index (χ2v) is 5.19. The summed E-state index contributed by atoms with van der Waals surface area (Å²) in [5.74, 6) is 1.18. The lowest BCUT2D eigenvalue weighted by Crippen LogP contribution is -2.22. The number of anilines is 1. The highest BCUT2D eigenvalue weighted by molar-refractivity contribution is 9.10. The van der Waals surface area contributed by atoms with E-state index in [4.69, 9.17) is 14.6 Å². The van der Waals surface area contributed by atoms with Crippen molar-refractivity contribution >= 4 is 21.6 Å². The van der Waals surface area contributed by atoms with Gasteiger partial charge in [0.15, 0.2) is 0 Å². The molecule has 1 unspecified atom stereocenters. The summed E-state index contributed by atoms with van der Waals surface area (Å²) in [4.78, 5) is 0. The van der Waals surface area contributed by atoms with Crippen LogP contribution >= 0.6 is 15.9 Å². The molecule has 6 heteroatoms. The maximum absolute atomic E-state index is 9.29. The Kier molecular flexibility index (Phi) is 5.19. The summed E-state index contributed by atoms with van der Waals surface area (Å²) in [6, 6.07) is 9.11. The smallest absolute Gasteiger partial charge is 0.135 e. The van der Waals surface area contributed by atoms with Gasteiger partial charge in [-0.25, -0.2) is 0 Å². The zero-order chi connectivity index (χ0) is 14.5. The summed E-state index contributed by atoms with van der Waals surface area (Å²) in [5.41, 5.74) is 1.69. The van der Waals surface area contributed by atoms with Crippen molar-refractivity contribution in [1.29, 1.82) is 0 Å². The quantitative estimate of drug-likeness (QED) is 0.645. The highest BCUT2D eigenvalue weighted by Gasteiger charge is 2.09. The molecule has 1 aromatic carbocycles. The first-order valence-corrected chi connectivity index (χ1v) is 6.95. The maximum atomic E-state index is 9.29. The molecule has 0 fully saturated rings. The molecule has 2 aromatic rings. The predicted octanol–water partition coefficient (Wildman–Crippen LogP) is 1.97. The first-order valence-electron chi connectivity index (χ1n) is 6.16. The van der Waals surface area contributed by atoms with E-state index in [-0.39, 0.29) is 19.8 Å². The van der Waals surface area contributed by atoms with E-state index in [1.165, 1.54) is 0 Å². The Morgan fingerprint density at radius 2 is 2.00 bits per heavy atom. The summed E-state index contributed by atoms with van der Waals surface area (Å²) >= 11 is 3.46. The Hall–Kier alpha value is -1.34. The van der Waals surface area contributed by atoms with Gasteiger partial charge in [0.05, 0.1) is 12.7 Å². The molecule has 20 heavy (non-hydrogen) atoms. The number of hydrogen-bond acceptors (Lipinski definition) is 5. The van der Waals surface area contributed by atoms with Crippen LogP contribution in [0.5, 0.6) is 0 Å². The lowest BCUT2D eigenvalue weighted by molar-refractivity contribution is 0.105. The molecule has 1 aromatic heterocycles. The van der Waals surface area contributed by atoms with Gasteiger partial charge in [-0.15, -0.1) is 0 Å². The van der Waals surface area contributed by atoms with Crippen LogP contribution in [-0.4, -0.2) is 34.6 Å². The van der Waals surface area contributed by atoms with Gasteiger partial charge in [0.2, 0.25) is 0 Å². The van der Waals surface area contributed by atoms with Gasteiger partial charge < -0.3 is 25.1 Å². The monoisotopic (exact) mass is 341 g/mol. The number of hydrogen-bond donors (Lipinski definition) is 4. The molecule has 0 spiro atoms. The minimum Gasteiger partial charge on any atom is -0.459 e. The number of aliphatic hydroxyl groups is 3. The second-order valence-electron chi connectivity index (χ2n) is 4.34. The Balaban J connectivity index is 2.13. The maximum Gasteiger partial charge on any atom is 0.135 e. The normalized spacial score (nSPS) is 12.4. The van der Waals surface area contributed by atoms with Crippen molar-refractivity contribution in [2.75, 3.05) is 18.5 Å². The molecule has 0 aliphatic heterocycles. The van der Waals surface area contributed by atoms with Crippen molar-refractivity contribution in [1.82, 2.24) is 0 Å². The molecule has 108 valence electrons. The highest BCUT2D eigenvalue weighted by atomic mass is 79.9. The van der Waals surface area contributed by atoms with Crippen LogP contribution < -0.4 is 5.32 Å². The molecule has 1 heterocycles. The van der Waals surface area contributed by atoms with Crippen LogP contribution in [0.25, 0.3) is 11.3 Å². The number of furan rings is 1. The average molecular weight is 342 g/mol. The van der Waals surface area contributed by atoms with Crippen LogP contribution in [0.1, 0.15) is 5.76 Å². The summed E-state index contributed by atoms with van der Waals surface area (Å²) in [5, 5.41) is 30.1. The lowest BCUT2D eigenvalue weighted by Gasteiger charge is -2.11. The lowest BCUT2D eigenvalue weighted by atomic mass is 10.1. The molecular formula is C14H16BrNO4. The van der Waals surface area contributed by atoms with Crippen LogP contribution in [0.2, 0.25) is 0 Å². The van der Waals surface area contributed by atoms with Crippen molar-refractivity contribution in [3.63, 3.8) is 0 Å². The molecule has 0 bridgehead atoms.